The molecule has 1 N–H and O–H groups in total. The first-order chi connectivity index (χ1) is 13.9. The first-order valence-corrected chi connectivity index (χ1v) is 10.7. The number of nitrogens with one attached hydrogen (secondary N) is 1. The molecular weight excluding hydrogens is 396 g/mol. The van der Waals surface area contributed by atoms with Gasteiger partial charge in [0.25, 0.3) is 5.91 Å². The molecule has 1 aromatic carbocycles. The van der Waals surface area contributed by atoms with Crippen LogP contribution in [0.1, 0.15) is 41.8 Å². The van der Waals surface area contributed by atoms with Crippen molar-refractivity contribution in [3.8, 4) is 6.07 Å². The van der Waals surface area contributed by atoms with Crippen LogP contribution in [-0.4, -0.2) is 32.4 Å². The lowest BCUT2D eigenvalue weighted by Crippen LogP contribution is -2.46. The second-order valence-electron chi connectivity index (χ2n) is 6.87. The van der Waals surface area contributed by atoms with Crippen molar-refractivity contribution in [2.75, 3.05) is 6.61 Å². The van der Waals surface area contributed by atoms with E-state index in [0.717, 1.165) is 12.8 Å². The van der Waals surface area contributed by atoms with Gasteiger partial charge in [0, 0.05) is 5.56 Å². The molecule has 0 radical (unpaired) electrons. The Morgan fingerprint density at radius 1 is 1.17 bits per heavy atom. The van der Waals surface area contributed by atoms with Crippen LogP contribution >= 0.6 is 0 Å². The number of hydrogen-bond donors (Lipinski definition) is 1. The molecule has 29 heavy (non-hydrogen) atoms. The van der Waals surface area contributed by atoms with Gasteiger partial charge in [-0.3, -0.25) is 4.79 Å². The normalized spacial score (nSPS) is 15.4. The summed E-state index contributed by atoms with van der Waals surface area (Å²) in [6.07, 6.45) is 4.00. The summed E-state index contributed by atoms with van der Waals surface area (Å²) in [5.74, 6) is -2.25. The lowest BCUT2D eigenvalue weighted by molar-refractivity contribution is -0.125. The van der Waals surface area contributed by atoms with Gasteiger partial charge in [0.05, 0.1) is 23.0 Å². The predicted molar refractivity (Wildman–Crippen MR) is 101 cm³/mol. The first kappa shape index (κ1) is 20.6. The molecule has 1 fully saturated rings. The maximum absolute atomic E-state index is 12.5. The van der Waals surface area contributed by atoms with Crippen molar-refractivity contribution in [3.63, 3.8) is 0 Å². The molecule has 1 amide bonds. The quantitative estimate of drug-likeness (QED) is 0.687. The van der Waals surface area contributed by atoms with E-state index < -0.39 is 39.6 Å². The van der Waals surface area contributed by atoms with Crippen molar-refractivity contribution in [1.29, 1.82) is 5.26 Å². The molecule has 1 aliphatic rings. The highest BCUT2D eigenvalue weighted by Gasteiger charge is 2.35. The van der Waals surface area contributed by atoms with Gasteiger partial charge < -0.3 is 14.5 Å². The second-order valence-corrected chi connectivity index (χ2v) is 8.86. The summed E-state index contributed by atoms with van der Waals surface area (Å²) in [5.41, 5.74) is -0.771. The molecule has 0 unspecified atom stereocenters. The van der Waals surface area contributed by atoms with Gasteiger partial charge in [-0.1, -0.05) is 18.2 Å². The van der Waals surface area contributed by atoms with Crippen LogP contribution in [0, 0.1) is 11.3 Å². The smallest absolute Gasteiger partial charge is 0.375 e. The number of ether oxygens (including phenoxy) is 1. The Morgan fingerprint density at radius 3 is 2.52 bits per heavy atom. The number of rotatable bonds is 7. The second kappa shape index (κ2) is 8.49. The van der Waals surface area contributed by atoms with Gasteiger partial charge in [-0.2, -0.15) is 5.26 Å². The summed E-state index contributed by atoms with van der Waals surface area (Å²) >= 11 is 0. The molecule has 1 aromatic heterocycles. The van der Waals surface area contributed by atoms with Gasteiger partial charge in [-0.05, 0) is 43.9 Å². The lowest BCUT2D eigenvalue weighted by Gasteiger charge is -2.21. The highest BCUT2D eigenvalue weighted by Crippen LogP contribution is 2.28. The zero-order valence-electron chi connectivity index (χ0n) is 15.6. The SMILES string of the molecule is N#CC1(NC(=O)COC(=O)c2occc2CS(=O)(=O)c2ccccc2)CCCC1. The Kier molecular flexibility index (Phi) is 6.03. The monoisotopic (exact) mass is 416 g/mol. The summed E-state index contributed by atoms with van der Waals surface area (Å²) in [6.45, 7) is -0.589. The third-order valence-corrected chi connectivity index (χ3v) is 6.45. The Balaban J connectivity index is 1.62. The molecule has 0 bridgehead atoms. The molecule has 1 aliphatic carbocycles. The number of esters is 1. The minimum absolute atomic E-state index is 0.123. The van der Waals surface area contributed by atoms with Gasteiger partial charge >= 0.3 is 5.97 Å². The molecule has 1 heterocycles. The van der Waals surface area contributed by atoms with E-state index in [0.29, 0.717) is 12.8 Å². The van der Waals surface area contributed by atoms with Crippen LogP contribution < -0.4 is 5.32 Å². The van der Waals surface area contributed by atoms with Crippen LogP contribution in [0.15, 0.2) is 52.0 Å². The van der Waals surface area contributed by atoms with E-state index in [1.807, 2.05) is 0 Å². The third-order valence-electron chi connectivity index (χ3n) is 4.76. The number of carbonyl (C=O) groups excluding carboxylic acids is 2. The number of nitriles is 1. The van der Waals surface area contributed by atoms with Crippen LogP contribution in [0.5, 0.6) is 0 Å². The lowest BCUT2D eigenvalue weighted by atomic mass is 10.00. The summed E-state index contributed by atoms with van der Waals surface area (Å²) in [7, 11) is -3.68. The summed E-state index contributed by atoms with van der Waals surface area (Å²) in [6, 6.07) is 11.3. The van der Waals surface area contributed by atoms with Crippen molar-refractivity contribution < 1.29 is 27.2 Å². The molecule has 152 valence electrons. The van der Waals surface area contributed by atoms with E-state index in [1.54, 1.807) is 18.2 Å². The van der Waals surface area contributed by atoms with Gasteiger partial charge in [-0.15, -0.1) is 0 Å². The summed E-state index contributed by atoms with van der Waals surface area (Å²) in [4.78, 5) is 24.5. The Labute approximate surface area is 168 Å². The number of benzene rings is 1. The van der Waals surface area contributed by atoms with Crippen LogP contribution in [0.25, 0.3) is 0 Å². The standard InChI is InChI=1S/C20H20N2O6S/c21-14-20(9-4-5-10-20)22-17(23)12-28-19(24)18-15(8-11-27-18)13-29(25,26)16-6-2-1-3-7-16/h1-3,6-8,11H,4-5,9-10,12-13H2,(H,22,23). The Bertz CT molecular complexity index is 1030. The molecule has 0 saturated heterocycles. The Morgan fingerprint density at radius 2 is 1.86 bits per heavy atom. The maximum Gasteiger partial charge on any atom is 0.375 e. The fourth-order valence-electron chi connectivity index (χ4n) is 3.29. The van der Waals surface area contributed by atoms with E-state index in [4.69, 9.17) is 9.15 Å². The Hall–Kier alpha value is -3.12. The molecule has 1 saturated carbocycles. The number of nitrogens with zero attached hydrogens (tertiary/aromatic N) is 1. The number of amides is 1. The van der Waals surface area contributed by atoms with E-state index in [2.05, 4.69) is 11.4 Å². The van der Waals surface area contributed by atoms with Crippen LogP contribution in [0.2, 0.25) is 0 Å². The van der Waals surface area contributed by atoms with Crippen LogP contribution in [0.4, 0.5) is 0 Å². The number of hydrogen-bond acceptors (Lipinski definition) is 7. The molecule has 2 aromatic rings. The van der Waals surface area contributed by atoms with Gasteiger partial charge in [0.2, 0.25) is 5.76 Å². The predicted octanol–water partition coefficient (Wildman–Crippen LogP) is 2.36. The van der Waals surface area contributed by atoms with E-state index in [-0.39, 0.29) is 16.2 Å². The van der Waals surface area contributed by atoms with Gasteiger partial charge in [0.15, 0.2) is 16.4 Å². The maximum atomic E-state index is 12.5. The van der Waals surface area contributed by atoms with Gasteiger partial charge in [0.1, 0.15) is 5.54 Å². The van der Waals surface area contributed by atoms with Crippen LogP contribution in [0.3, 0.4) is 0 Å². The first-order valence-electron chi connectivity index (χ1n) is 9.09. The zero-order valence-corrected chi connectivity index (χ0v) is 16.4. The largest absolute Gasteiger partial charge is 0.457 e. The van der Waals surface area contributed by atoms with E-state index in [9.17, 15) is 23.3 Å². The molecule has 3 rings (SSSR count). The van der Waals surface area contributed by atoms with Crippen molar-refractivity contribution >= 4 is 21.7 Å². The van der Waals surface area contributed by atoms with Gasteiger partial charge in [-0.25, -0.2) is 13.2 Å². The van der Waals surface area contributed by atoms with E-state index >= 15 is 0 Å². The number of carbonyl (C=O) groups is 2. The molecule has 0 aliphatic heterocycles. The van der Waals surface area contributed by atoms with Crippen molar-refractivity contribution in [3.05, 3.63) is 54.0 Å². The molecule has 0 atom stereocenters. The van der Waals surface area contributed by atoms with E-state index in [1.165, 1.54) is 24.5 Å². The molecule has 0 spiro atoms. The van der Waals surface area contributed by atoms with Crippen LogP contribution in [-0.2, 0) is 25.1 Å². The highest BCUT2D eigenvalue weighted by molar-refractivity contribution is 7.90. The molecule has 8 nitrogen and oxygen atoms in total. The fraction of sp³-hybridized carbons (Fsp3) is 0.350. The topological polar surface area (TPSA) is 126 Å². The third kappa shape index (κ3) is 4.84. The minimum Gasteiger partial charge on any atom is -0.457 e. The molecule has 9 heteroatoms. The van der Waals surface area contributed by atoms with Crippen molar-refractivity contribution in [2.24, 2.45) is 0 Å². The zero-order chi connectivity index (χ0) is 20.9. The van der Waals surface area contributed by atoms with Crippen molar-refractivity contribution in [1.82, 2.24) is 5.32 Å². The highest BCUT2D eigenvalue weighted by atomic mass is 32.2. The number of furan rings is 1. The average Bonchev–Trinajstić information content (AvgIpc) is 3.36. The summed E-state index contributed by atoms with van der Waals surface area (Å²) < 4.78 is 35.1. The summed E-state index contributed by atoms with van der Waals surface area (Å²) in [5, 5.41) is 11.9. The minimum atomic E-state index is -3.68. The number of sulfone groups is 1. The average molecular weight is 416 g/mol. The van der Waals surface area contributed by atoms with Crippen molar-refractivity contribution in [2.45, 2.75) is 41.9 Å². The molecular formula is C20H20N2O6S. The fourth-order valence-corrected chi connectivity index (χ4v) is 4.66.